The molecule has 0 unspecified atom stereocenters. The van der Waals surface area contributed by atoms with Gasteiger partial charge >= 0.3 is 0 Å². The number of ether oxygens (including phenoxy) is 3. The standard InChI is InChI=1S/C32H30N2O5/c1-5-38-30-17-25(12-15-29(30)39-20-24-8-6-21(2)7-9-24)16-27-22(3)28(18-33)32(36)34(31(27)35)19-23-10-13-26(37-4)14-11-23/h6-17H,5,19-20H2,1-4H3/b27-16+. The van der Waals surface area contributed by atoms with Gasteiger partial charge in [0.15, 0.2) is 11.5 Å². The largest absolute Gasteiger partial charge is 0.497 e. The number of rotatable bonds is 9. The fraction of sp³-hybridized carbons (Fsp3) is 0.219. The number of hydrogen-bond donors (Lipinski definition) is 0. The van der Waals surface area contributed by atoms with E-state index in [0.29, 0.717) is 41.6 Å². The predicted molar refractivity (Wildman–Crippen MR) is 148 cm³/mol. The lowest BCUT2D eigenvalue weighted by atomic mass is 9.93. The number of hydrogen-bond acceptors (Lipinski definition) is 6. The molecule has 4 rings (SSSR count). The topological polar surface area (TPSA) is 88.9 Å². The van der Waals surface area contributed by atoms with Gasteiger partial charge in [0.2, 0.25) is 0 Å². The Morgan fingerprint density at radius 2 is 1.56 bits per heavy atom. The summed E-state index contributed by atoms with van der Waals surface area (Å²) in [5.41, 5.74) is 4.19. The molecule has 1 aliphatic rings. The summed E-state index contributed by atoms with van der Waals surface area (Å²) in [6.45, 7) is 6.39. The quantitative estimate of drug-likeness (QED) is 0.262. The number of imide groups is 1. The second-order valence-electron chi connectivity index (χ2n) is 9.13. The molecule has 39 heavy (non-hydrogen) atoms. The van der Waals surface area contributed by atoms with Crippen molar-refractivity contribution in [1.29, 1.82) is 5.26 Å². The molecule has 0 bridgehead atoms. The minimum atomic E-state index is -0.608. The number of carbonyl (C=O) groups is 2. The summed E-state index contributed by atoms with van der Waals surface area (Å²) in [5, 5.41) is 9.73. The Morgan fingerprint density at radius 3 is 2.21 bits per heavy atom. The van der Waals surface area contributed by atoms with Crippen LogP contribution in [0.4, 0.5) is 0 Å². The summed E-state index contributed by atoms with van der Waals surface area (Å²) in [4.78, 5) is 27.6. The summed E-state index contributed by atoms with van der Waals surface area (Å²) in [5.74, 6) is 0.708. The number of nitriles is 1. The highest BCUT2D eigenvalue weighted by molar-refractivity contribution is 6.19. The summed E-state index contributed by atoms with van der Waals surface area (Å²) < 4.78 is 17.0. The second kappa shape index (κ2) is 12.1. The van der Waals surface area contributed by atoms with Crippen LogP contribution in [-0.4, -0.2) is 30.4 Å². The van der Waals surface area contributed by atoms with Crippen molar-refractivity contribution >= 4 is 17.9 Å². The van der Waals surface area contributed by atoms with Crippen molar-refractivity contribution in [2.24, 2.45) is 0 Å². The molecule has 0 aliphatic carbocycles. The van der Waals surface area contributed by atoms with Crippen LogP contribution in [0.15, 0.2) is 83.4 Å². The first-order valence-corrected chi connectivity index (χ1v) is 12.6. The molecule has 1 aliphatic heterocycles. The van der Waals surface area contributed by atoms with E-state index in [1.807, 2.05) is 50.2 Å². The van der Waals surface area contributed by atoms with E-state index in [0.717, 1.165) is 16.0 Å². The van der Waals surface area contributed by atoms with E-state index in [-0.39, 0.29) is 17.7 Å². The molecule has 0 saturated heterocycles. The van der Waals surface area contributed by atoms with E-state index in [2.05, 4.69) is 0 Å². The molecule has 0 N–H and O–H groups in total. The van der Waals surface area contributed by atoms with Crippen molar-refractivity contribution in [3.05, 3.63) is 106 Å². The van der Waals surface area contributed by atoms with Gasteiger partial charge in [-0.05, 0) is 73.4 Å². The summed E-state index contributed by atoms with van der Waals surface area (Å²) in [6.07, 6.45) is 1.68. The van der Waals surface area contributed by atoms with Crippen molar-refractivity contribution in [3.63, 3.8) is 0 Å². The first-order chi connectivity index (χ1) is 18.8. The monoisotopic (exact) mass is 522 g/mol. The molecule has 7 heteroatoms. The molecule has 0 spiro atoms. The fourth-order valence-electron chi connectivity index (χ4n) is 4.20. The van der Waals surface area contributed by atoms with E-state index in [1.165, 1.54) is 5.56 Å². The van der Waals surface area contributed by atoms with Crippen molar-refractivity contribution in [3.8, 4) is 23.3 Å². The second-order valence-corrected chi connectivity index (χ2v) is 9.13. The smallest absolute Gasteiger partial charge is 0.271 e. The Hall–Kier alpha value is -4.83. The van der Waals surface area contributed by atoms with Crippen molar-refractivity contribution < 1.29 is 23.8 Å². The van der Waals surface area contributed by atoms with Gasteiger partial charge in [-0.1, -0.05) is 48.0 Å². The van der Waals surface area contributed by atoms with E-state index in [1.54, 1.807) is 56.5 Å². The summed E-state index contributed by atoms with van der Waals surface area (Å²) >= 11 is 0. The molecule has 2 amide bonds. The van der Waals surface area contributed by atoms with Crippen molar-refractivity contribution in [1.82, 2.24) is 4.90 Å². The molecule has 0 radical (unpaired) electrons. The van der Waals surface area contributed by atoms with Crippen LogP contribution < -0.4 is 14.2 Å². The molecule has 198 valence electrons. The Labute approximate surface area is 228 Å². The minimum absolute atomic E-state index is 0.0352. The van der Waals surface area contributed by atoms with Gasteiger partial charge in [0.05, 0.1) is 20.3 Å². The zero-order valence-electron chi connectivity index (χ0n) is 22.5. The van der Waals surface area contributed by atoms with Gasteiger partial charge in [-0.2, -0.15) is 5.26 Å². The molecular weight excluding hydrogens is 492 g/mol. The maximum absolute atomic E-state index is 13.5. The van der Waals surface area contributed by atoms with Gasteiger partial charge in [0.25, 0.3) is 11.8 Å². The van der Waals surface area contributed by atoms with Crippen LogP contribution in [0, 0.1) is 18.3 Å². The number of nitrogens with zero attached hydrogens (tertiary/aromatic N) is 2. The molecule has 0 fully saturated rings. The van der Waals surface area contributed by atoms with Gasteiger partial charge in [-0.25, -0.2) is 0 Å². The third kappa shape index (κ3) is 6.19. The Morgan fingerprint density at radius 1 is 0.872 bits per heavy atom. The van der Waals surface area contributed by atoms with Crippen LogP contribution in [0.5, 0.6) is 17.2 Å². The number of aryl methyl sites for hydroxylation is 1. The molecule has 3 aromatic rings. The fourth-order valence-corrected chi connectivity index (χ4v) is 4.20. The van der Waals surface area contributed by atoms with Crippen LogP contribution in [0.1, 0.15) is 36.1 Å². The Kier molecular flexibility index (Phi) is 8.47. The lowest BCUT2D eigenvalue weighted by Gasteiger charge is -2.27. The molecule has 1 heterocycles. The van der Waals surface area contributed by atoms with Crippen LogP contribution in [0.3, 0.4) is 0 Å². The average Bonchev–Trinajstić information content (AvgIpc) is 2.94. The molecule has 3 aromatic carbocycles. The van der Waals surface area contributed by atoms with Gasteiger partial charge in [-0.3, -0.25) is 14.5 Å². The average molecular weight is 523 g/mol. The summed E-state index contributed by atoms with van der Waals surface area (Å²) in [7, 11) is 1.57. The molecule has 0 aromatic heterocycles. The SMILES string of the molecule is CCOc1cc(/C=C2/C(=O)N(Cc3ccc(OC)cc3)C(=O)C(C#N)=C2C)ccc1OCc1ccc(C)cc1. The van der Waals surface area contributed by atoms with E-state index in [4.69, 9.17) is 14.2 Å². The molecule has 0 saturated carbocycles. The lowest BCUT2D eigenvalue weighted by Crippen LogP contribution is -2.42. The third-order valence-corrected chi connectivity index (χ3v) is 6.42. The molecule has 0 atom stereocenters. The highest BCUT2D eigenvalue weighted by Gasteiger charge is 2.35. The van der Waals surface area contributed by atoms with Gasteiger partial charge in [0, 0.05) is 5.57 Å². The molecule has 7 nitrogen and oxygen atoms in total. The minimum Gasteiger partial charge on any atom is -0.497 e. The molecular formula is C32H30N2O5. The number of benzene rings is 3. The van der Waals surface area contributed by atoms with Crippen LogP contribution in [-0.2, 0) is 22.7 Å². The highest BCUT2D eigenvalue weighted by Crippen LogP contribution is 2.33. The highest BCUT2D eigenvalue weighted by atomic mass is 16.5. The van der Waals surface area contributed by atoms with E-state index >= 15 is 0 Å². The summed E-state index contributed by atoms with van der Waals surface area (Å²) in [6, 6.07) is 22.6. The maximum atomic E-state index is 13.5. The first kappa shape index (κ1) is 27.2. The van der Waals surface area contributed by atoms with Crippen LogP contribution in [0.25, 0.3) is 6.08 Å². The number of amides is 2. The van der Waals surface area contributed by atoms with E-state index in [9.17, 15) is 14.9 Å². The lowest BCUT2D eigenvalue weighted by molar-refractivity contribution is -0.141. The van der Waals surface area contributed by atoms with Crippen molar-refractivity contribution in [2.75, 3.05) is 13.7 Å². The zero-order chi connectivity index (χ0) is 27.9. The first-order valence-electron chi connectivity index (χ1n) is 12.6. The number of carbonyl (C=O) groups excluding carboxylic acids is 2. The normalized spacial score (nSPS) is 14.4. The van der Waals surface area contributed by atoms with Gasteiger partial charge in [-0.15, -0.1) is 0 Å². The number of methoxy groups -OCH3 is 1. The predicted octanol–water partition coefficient (Wildman–Crippen LogP) is 5.77. The maximum Gasteiger partial charge on any atom is 0.271 e. The van der Waals surface area contributed by atoms with Crippen LogP contribution in [0.2, 0.25) is 0 Å². The van der Waals surface area contributed by atoms with Crippen LogP contribution >= 0.6 is 0 Å². The van der Waals surface area contributed by atoms with Gasteiger partial charge < -0.3 is 14.2 Å². The van der Waals surface area contributed by atoms with Gasteiger partial charge in [0.1, 0.15) is 24.0 Å². The Bertz CT molecular complexity index is 1480. The Balaban J connectivity index is 1.63. The third-order valence-electron chi connectivity index (χ3n) is 6.42. The van der Waals surface area contributed by atoms with E-state index < -0.39 is 11.8 Å². The zero-order valence-corrected chi connectivity index (χ0v) is 22.5. The van der Waals surface area contributed by atoms with Crippen molar-refractivity contribution in [2.45, 2.75) is 33.9 Å².